The van der Waals surface area contributed by atoms with E-state index in [1.165, 1.54) is 59.6 Å². The summed E-state index contributed by atoms with van der Waals surface area (Å²) in [5.74, 6) is -1.41. The number of carbonyl (C=O) groups excluding carboxylic acids is 4. The Bertz CT molecular complexity index is 1380. The molecule has 4 atom stereocenters. The smallest absolute Gasteiger partial charge is 0.330 e. The molecule has 2 aliphatic heterocycles. The zero-order valence-corrected chi connectivity index (χ0v) is 24.1. The Labute approximate surface area is 243 Å². The first kappa shape index (κ1) is 30.7. The molecule has 2 bridgehead atoms. The molecule has 226 valence electrons. The number of amides is 3. The summed E-state index contributed by atoms with van der Waals surface area (Å²) in [7, 11) is 4.88. The molecule has 14 nitrogen and oxygen atoms in total. The molecule has 3 amide bonds. The largest absolute Gasteiger partial charge is 0.466 e. The van der Waals surface area contributed by atoms with Crippen molar-refractivity contribution in [3.05, 3.63) is 59.1 Å². The van der Waals surface area contributed by atoms with E-state index in [0.717, 1.165) is 26.1 Å². The van der Waals surface area contributed by atoms with Gasteiger partial charge in [-0.05, 0) is 50.8 Å². The number of anilines is 1. The van der Waals surface area contributed by atoms with Crippen LogP contribution in [0.1, 0.15) is 36.2 Å². The van der Waals surface area contributed by atoms with Crippen molar-refractivity contribution in [1.82, 2.24) is 34.6 Å². The molecule has 14 heteroatoms. The van der Waals surface area contributed by atoms with Gasteiger partial charge in [-0.3, -0.25) is 29.0 Å². The lowest BCUT2D eigenvalue weighted by atomic mass is 9.95. The minimum Gasteiger partial charge on any atom is -0.466 e. The van der Waals surface area contributed by atoms with Crippen LogP contribution >= 0.6 is 0 Å². The lowest BCUT2D eigenvalue weighted by molar-refractivity contribution is -0.135. The van der Waals surface area contributed by atoms with E-state index in [1.807, 2.05) is 7.05 Å². The Hall–Kier alpha value is -4.30. The van der Waals surface area contributed by atoms with Crippen molar-refractivity contribution in [2.45, 2.75) is 44.6 Å². The molecule has 2 fully saturated rings. The van der Waals surface area contributed by atoms with E-state index < -0.39 is 29.4 Å². The Morgan fingerprint density at radius 3 is 2.76 bits per heavy atom. The molecule has 4 rings (SSSR count). The van der Waals surface area contributed by atoms with E-state index in [-0.39, 0.29) is 43.0 Å². The van der Waals surface area contributed by atoms with Gasteiger partial charge in [-0.15, -0.1) is 0 Å². The van der Waals surface area contributed by atoms with Crippen LogP contribution in [0.2, 0.25) is 0 Å². The number of methoxy groups -OCH3 is 1. The zero-order valence-electron chi connectivity index (χ0n) is 24.1. The maximum Gasteiger partial charge on any atom is 0.330 e. The second-order valence-corrected chi connectivity index (χ2v) is 10.6. The van der Waals surface area contributed by atoms with Crippen molar-refractivity contribution in [2.75, 3.05) is 39.1 Å². The fourth-order valence-electron chi connectivity index (χ4n) is 5.36. The molecular weight excluding hydrogens is 544 g/mol. The van der Waals surface area contributed by atoms with Crippen LogP contribution in [-0.2, 0) is 32.7 Å². The van der Waals surface area contributed by atoms with Crippen LogP contribution in [0, 0.1) is 5.92 Å². The van der Waals surface area contributed by atoms with Gasteiger partial charge >= 0.3 is 5.97 Å². The number of hydrogen-bond donors (Lipinski definition) is 3. The van der Waals surface area contributed by atoms with Gasteiger partial charge in [-0.25, -0.2) is 9.78 Å². The third-order valence-electron chi connectivity index (χ3n) is 7.49. The molecule has 3 N–H and O–H groups in total. The first-order chi connectivity index (χ1) is 20.2. The first-order valence-electron chi connectivity index (χ1n) is 13.9. The highest BCUT2D eigenvalue weighted by Crippen LogP contribution is 2.24. The number of imidazole rings is 1. The SMILES string of the molecule is COC(=O)/C=C/CC[C@H](NC(=O)c1cncn1C)C(=O)Nc1cccn(CC(=O)NC2N(C)CC3CCCN2C3)c1=O. The number of aromatic nitrogens is 3. The molecular formula is C28H38N8O6. The minimum atomic E-state index is -1.04. The van der Waals surface area contributed by atoms with Crippen molar-refractivity contribution in [3.8, 4) is 0 Å². The molecule has 0 aromatic carbocycles. The van der Waals surface area contributed by atoms with E-state index in [0.29, 0.717) is 5.92 Å². The summed E-state index contributed by atoms with van der Waals surface area (Å²) in [5, 5.41) is 8.30. The number of ether oxygens (including phenoxy) is 1. The summed E-state index contributed by atoms with van der Waals surface area (Å²) < 4.78 is 7.32. The second kappa shape index (κ2) is 14.0. The third-order valence-corrected chi connectivity index (χ3v) is 7.49. The van der Waals surface area contributed by atoms with Crippen LogP contribution in [0.5, 0.6) is 0 Å². The van der Waals surface area contributed by atoms with Gasteiger partial charge in [0.15, 0.2) is 0 Å². The summed E-state index contributed by atoms with van der Waals surface area (Å²) >= 11 is 0. The maximum absolute atomic E-state index is 13.3. The van der Waals surface area contributed by atoms with Crippen molar-refractivity contribution in [1.29, 1.82) is 0 Å². The van der Waals surface area contributed by atoms with E-state index in [9.17, 15) is 24.0 Å². The summed E-state index contributed by atoms with van der Waals surface area (Å²) in [6.45, 7) is 2.53. The van der Waals surface area contributed by atoms with Gasteiger partial charge in [0.1, 0.15) is 30.3 Å². The minimum absolute atomic E-state index is 0.0335. The third kappa shape index (κ3) is 7.70. The Morgan fingerprint density at radius 1 is 1.21 bits per heavy atom. The molecule has 4 heterocycles. The first-order valence-corrected chi connectivity index (χ1v) is 13.9. The number of esters is 1. The van der Waals surface area contributed by atoms with E-state index in [2.05, 4.69) is 35.5 Å². The molecule has 3 unspecified atom stereocenters. The Morgan fingerprint density at radius 2 is 2.02 bits per heavy atom. The number of hydrogen-bond acceptors (Lipinski definition) is 9. The van der Waals surface area contributed by atoms with Crippen molar-refractivity contribution in [3.63, 3.8) is 0 Å². The standard InChI is InChI=1S/C28H38N8O6/c1-33-15-19-8-6-13-36(16-19)28(33)32-23(37)17-35-12-7-10-21(27(35)41)31-25(39)20(9-4-5-11-24(38)42-3)30-26(40)22-14-29-18-34(22)2/h5,7,10-12,14,18-20,28H,4,6,8-9,13,15-17H2,1-3H3,(H,30,40)(H,31,39)(H,32,37)/b11-5+/t19?,20-,28?/m0/s1. The maximum atomic E-state index is 13.3. The van der Waals surface area contributed by atoms with Gasteiger partial charge < -0.3 is 29.8 Å². The highest BCUT2D eigenvalue weighted by Gasteiger charge is 2.35. The highest BCUT2D eigenvalue weighted by molar-refractivity contribution is 6.00. The number of allylic oxidation sites excluding steroid dienone is 1. The summed E-state index contributed by atoms with van der Waals surface area (Å²) in [6, 6.07) is 1.96. The number of piperidine rings is 1. The summed E-state index contributed by atoms with van der Waals surface area (Å²) in [4.78, 5) is 71.9. The van der Waals surface area contributed by atoms with Crippen molar-refractivity contribution in [2.24, 2.45) is 13.0 Å². The van der Waals surface area contributed by atoms with Crippen LogP contribution in [0.15, 0.2) is 47.8 Å². The number of pyridine rings is 1. The molecule has 0 aliphatic carbocycles. The molecule has 2 aromatic rings. The zero-order chi connectivity index (χ0) is 30.2. The fourth-order valence-corrected chi connectivity index (χ4v) is 5.36. The average Bonchev–Trinajstić information content (AvgIpc) is 3.40. The second-order valence-electron chi connectivity index (χ2n) is 10.6. The summed E-state index contributed by atoms with van der Waals surface area (Å²) in [6.07, 6.45) is 9.54. The van der Waals surface area contributed by atoms with Gasteiger partial charge in [-0.2, -0.15) is 0 Å². The molecule has 0 spiro atoms. The predicted octanol–water partition coefficient (Wildman–Crippen LogP) is -0.114. The number of nitrogens with zero attached hydrogens (tertiary/aromatic N) is 5. The van der Waals surface area contributed by atoms with Gasteiger partial charge in [0.05, 0.1) is 19.6 Å². The molecule has 2 saturated heterocycles. The van der Waals surface area contributed by atoms with Gasteiger partial charge in [0.2, 0.25) is 11.8 Å². The van der Waals surface area contributed by atoms with E-state index in [1.54, 1.807) is 13.1 Å². The highest BCUT2D eigenvalue weighted by atomic mass is 16.5. The van der Waals surface area contributed by atoms with E-state index in [4.69, 9.17) is 0 Å². The van der Waals surface area contributed by atoms with Crippen LogP contribution in [-0.4, -0.2) is 93.7 Å². The lowest BCUT2D eigenvalue weighted by Gasteiger charge is -2.48. The fraction of sp³-hybridized carbons (Fsp3) is 0.500. The number of fused-ring (bicyclic) bond motifs is 2. The summed E-state index contributed by atoms with van der Waals surface area (Å²) in [5.41, 5.74) is -0.346. The van der Waals surface area contributed by atoms with Gasteiger partial charge in [0, 0.05) is 39.0 Å². The monoisotopic (exact) mass is 582 g/mol. The number of aryl methyl sites for hydroxylation is 1. The molecule has 2 aliphatic rings. The predicted molar refractivity (Wildman–Crippen MR) is 153 cm³/mol. The molecule has 2 aromatic heterocycles. The number of carbonyl (C=O) groups is 4. The van der Waals surface area contributed by atoms with Crippen LogP contribution in [0.4, 0.5) is 5.69 Å². The average molecular weight is 583 g/mol. The van der Waals surface area contributed by atoms with Gasteiger partial charge in [0.25, 0.3) is 11.5 Å². The van der Waals surface area contributed by atoms with Crippen LogP contribution in [0.3, 0.4) is 0 Å². The molecule has 0 saturated carbocycles. The lowest BCUT2D eigenvalue weighted by Crippen LogP contribution is -2.65. The van der Waals surface area contributed by atoms with E-state index >= 15 is 0 Å². The normalized spacial score (nSPS) is 21.0. The van der Waals surface area contributed by atoms with Crippen LogP contribution in [0.25, 0.3) is 0 Å². The van der Waals surface area contributed by atoms with Crippen molar-refractivity contribution < 1.29 is 23.9 Å². The number of nitrogens with one attached hydrogen (secondary N) is 3. The van der Waals surface area contributed by atoms with Gasteiger partial charge in [-0.1, -0.05) is 6.08 Å². The van der Waals surface area contributed by atoms with Crippen molar-refractivity contribution >= 4 is 29.4 Å². The quantitative estimate of drug-likeness (QED) is 0.243. The van der Waals surface area contributed by atoms with Crippen LogP contribution < -0.4 is 21.5 Å². The number of rotatable bonds is 11. The Kier molecular flexibility index (Phi) is 10.3. The molecule has 42 heavy (non-hydrogen) atoms. The molecule has 0 radical (unpaired) electrons. The topological polar surface area (TPSA) is 160 Å². The Balaban J connectivity index is 1.42.